The van der Waals surface area contributed by atoms with Gasteiger partial charge in [0.15, 0.2) is 11.5 Å². The van der Waals surface area contributed by atoms with Gasteiger partial charge in [-0.25, -0.2) is 4.68 Å². The number of fused-ring (bicyclic) bond motifs is 1. The maximum atomic E-state index is 14.2. The molecule has 1 aliphatic carbocycles. The van der Waals surface area contributed by atoms with Crippen LogP contribution in [0, 0.1) is 0 Å². The summed E-state index contributed by atoms with van der Waals surface area (Å²) in [5.74, 6) is 0.626. The van der Waals surface area contributed by atoms with Crippen LogP contribution in [0.25, 0.3) is 11.0 Å². The molecule has 0 aliphatic heterocycles. The molecule has 1 N–H and O–H groups in total. The first kappa shape index (κ1) is 28.1. The Labute approximate surface area is 240 Å². The Morgan fingerprint density at radius 2 is 1.68 bits per heavy atom. The van der Waals surface area contributed by atoms with Crippen molar-refractivity contribution in [2.45, 2.75) is 57.2 Å². The monoisotopic (exact) mass is 555 g/mol. The second-order valence-corrected chi connectivity index (χ2v) is 10.4. The molecule has 1 fully saturated rings. The zero-order valence-corrected chi connectivity index (χ0v) is 23.7. The van der Waals surface area contributed by atoms with Crippen molar-refractivity contribution in [2.75, 3.05) is 20.8 Å². The molecule has 0 bridgehead atoms. The molecule has 1 saturated carbocycles. The molecule has 0 saturated heterocycles. The van der Waals surface area contributed by atoms with Gasteiger partial charge in [-0.15, -0.1) is 5.10 Å². The highest BCUT2D eigenvalue weighted by atomic mass is 16.5. The lowest BCUT2D eigenvalue weighted by molar-refractivity contribution is -0.141. The van der Waals surface area contributed by atoms with E-state index in [1.807, 2.05) is 60.7 Å². The molecule has 9 heteroatoms. The smallest absolute Gasteiger partial charge is 0.247 e. The van der Waals surface area contributed by atoms with Crippen LogP contribution in [0.5, 0.6) is 11.5 Å². The maximum Gasteiger partial charge on any atom is 0.247 e. The predicted octanol–water partition coefficient (Wildman–Crippen LogP) is 4.71. The van der Waals surface area contributed by atoms with E-state index in [0.717, 1.165) is 36.8 Å². The van der Waals surface area contributed by atoms with E-state index in [1.54, 1.807) is 35.9 Å². The van der Waals surface area contributed by atoms with Crippen molar-refractivity contribution in [3.63, 3.8) is 0 Å². The highest BCUT2D eigenvalue weighted by Crippen LogP contribution is 2.33. The van der Waals surface area contributed by atoms with Crippen LogP contribution in [-0.2, 0) is 22.6 Å². The second kappa shape index (κ2) is 13.3. The fourth-order valence-electron chi connectivity index (χ4n) is 5.57. The van der Waals surface area contributed by atoms with Gasteiger partial charge in [-0.2, -0.15) is 0 Å². The number of amides is 2. The van der Waals surface area contributed by atoms with Crippen LogP contribution < -0.4 is 14.8 Å². The van der Waals surface area contributed by atoms with E-state index < -0.39 is 6.04 Å². The van der Waals surface area contributed by atoms with Crippen LogP contribution in [0.4, 0.5) is 0 Å². The summed E-state index contributed by atoms with van der Waals surface area (Å²) in [4.78, 5) is 30.0. The van der Waals surface area contributed by atoms with E-state index in [4.69, 9.17) is 9.47 Å². The third-order valence-electron chi connectivity index (χ3n) is 7.74. The first-order chi connectivity index (χ1) is 20.1. The summed E-state index contributed by atoms with van der Waals surface area (Å²) >= 11 is 0. The molecule has 9 nitrogen and oxygen atoms in total. The van der Waals surface area contributed by atoms with Crippen LogP contribution in [0.2, 0.25) is 0 Å². The zero-order chi connectivity index (χ0) is 28.6. The molecule has 1 aromatic heterocycles. The molecular formula is C32H37N5O4. The van der Waals surface area contributed by atoms with Crippen LogP contribution in [0.1, 0.15) is 49.3 Å². The third-order valence-corrected chi connectivity index (χ3v) is 7.74. The van der Waals surface area contributed by atoms with E-state index >= 15 is 0 Å². The first-order valence-corrected chi connectivity index (χ1v) is 14.2. The molecular weight excluding hydrogens is 518 g/mol. The number of hydrogen-bond donors (Lipinski definition) is 1. The van der Waals surface area contributed by atoms with Gasteiger partial charge < -0.3 is 19.7 Å². The van der Waals surface area contributed by atoms with Gasteiger partial charge in [0, 0.05) is 12.6 Å². The van der Waals surface area contributed by atoms with Crippen LogP contribution in [0.15, 0.2) is 72.8 Å². The molecule has 4 aromatic rings. The second-order valence-electron chi connectivity index (χ2n) is 10.4. The van der Waals surface area contributed by atoms with Gasteiger partial charge in [-0.3, -0.25) is 9.59 Å². The Hall–Kier alpha value is -4.40. The maximum absolute atomic E-state index is 14.2. The van der Waals surface area contributed by atoms with E-state index in [9.17, 15) is 9.59 Å². The summed E-state index contributed by atoms with van der Waals surface area (Å²) < 4.78 is 12.6. The molecule has 1 atom stereocenters. The van der Waals surface area contributed by atoms with E-state index in [2.05, 4.69) is 15.6 Å². The predicted molar refractivity (Wildman–Crippen MR) is 157 cm³/mol. The minimum Gasteiger partial charge on any atom is -0.493 e. The normalized spacial score (nSPS) is 14.4. The van der Waals surface area contributed by atoms with Crippen molar-refractivity contribution in [2.24, 2.45) is 0 Å². The number of methoxy groups -OCH3 is 2. The number of rotatable bonds is 11. The Kier molecular flexibility index (Phi) is 9.13. The molecule has 1 unspecified atom stereocenters. The van der Waals surface area contributed by atoms with Gasteiger partial charge in [-0.1, -0.05) is 73.0 Å². The Morgan fingerprint density at radius 3 is 2.44 bits per heavy atom. The molecule has 5 rings (SSSR count). The SMILES string of the molecule is COc1ccc(C(C(=O)NC2CCCCC2)N(CCc2ccccc2)C(=O)Cn2nnc3ccccc32)cc1OC. The summed E-state index contributed by atoms with van der Waals surface area (Å²) in [5, 5.41) is 11.7. The molecule has 214 valence electrons. The number of hydrogen-bond acceptors (Lipinski definition) is 6. The molecule has 41 heavy (non-hydrogen) atoms. The molecule has 1 heterocycles. The topological polar surface area (TPSA) is 98.6 Å². The van der Waals surface area contributed by atoms with Crippen molar-refractivity contribution in [1.29, 1.82) is 0 Å². The molecule has 1 aliphatic rings. The fraction of sp³-hybridized carbons (Fsp3) is 0.375. The summed E-state index contributed by atoms with van der Waals surface area (Å²) in [5.41, 5.74) is 3.21. The number of nitrogens with one attached hydrogen (secondary N) is 1. The van der Waals surface area contributed by atoms with Gasteiger partial charge in [0.2, 0.25) is 11.8 Å². The number of carbonyl (C=O) groups is 2. The Morgan fingerprint density at radius 1 is 0.951 bits per heavy atom. The van der Waals surface area contributed by atoms with Crippen molar-refractivity contribution >= 4 is 22.8 Å². The van der Waals surface area contributed by atoms with E-state index in [-0.39, 0.29) is 24.4 Å². The van der Waals surface area contributed by atoms with Crippen molar-refractivity contribution < 1.29 is 19.1 Å². The number of ether oxygens (including phenoxy) is 2. The number of benzene rings is 3. The lowest BCUT2D eigenvalue weighted by Gasteiger charge is -2.34. The Balaban J connectivity index is 1.52. The summed E-state index contributed by atoms with van der Waals surface area (Å²) in [7, 11) is 3.13. The van der Waals surface area contributed by atoms with Crippen LogP contribution in [0.3, 0.4) is 0 Å². The average molecular weight is 556 g/mol. The number of nitrogens with zero attached hydrogens (tertiary/aromatic N) is 4. The number of aromatic nitrogens is 3. The quantitative estimate of drug-likeness (QED) is 0.288. The highest BCUT2D eigenvalue weighted by molar-refractivity contribution is 5.89. The molecule has 2 amide bonds. The van der Waals surface area contributed by atoms with E-state index in [0.29, 0.717) is 35.5 Å². The van der Waals surface area contributed by atoms with Gasteiger partial charge in [0.05, 0.1) is 19.7 Å². The lowest BCUT2D eigenvalue weighted by Crippen LogP contribution is -2.48. The van der Waals surface area contributed by atoms with E-state index in [1.165, 1.54) is 6.42 Å². The number of para-hydroxylation sites is 1. The van der Waals surface area contributed by atoms with Gasteiger partial charge >= 0.3 is 0 Å². The third kappa shape index (κ3) is 6.67. The lowest BCUT2D eigenvalue weighted by atomic mass is 9.94. The largest absolute Gasteiger partial charge is 0.493 e. The average Bonchev–Trinajstić information content (AvgIpc) is 3.42. The summed E-state index contributed by atoms with van der Waals surface area (Å²) in [6, 6.07) is 22.1. The number of carbonyl (C=O) groups excluding carboxylic acids is 2. The van der Waals surface area contributed by atoms with Crippen molar-refractivity contribution in [3.05, 3.63) is 83.9 Å². The zero-order valence-electron chi connectivity index (χ0n) is 23.7. The minimum absolute atomic E-state index is 0.0458. The minimum atomic E-state index is -0.872. The van der Waals surface area contributed by atoms with Gasteiger partial charge in [0.1, 0.15) is 18.1 Å². The highest BCUT2D eigenvalue weighted by Gasteiger charge is 2.34. The molecule has 0 spiro atoms. The van der Waals surface area contributed by atoms with Crippen molar-refractivity contribution in [1.82, 2.24) is 25.2 Å². The molecule has 3 aromatic carbocycles. The molecule has 0 radical (unpaired) electrons. The standard InChI is InChI=1S/C32H37N5O4/c1-40-28-18-17-24(21-29(28)41-2)31(32(39)33-25-13-7-4-8-14-25)36(20-19-23-11-5-3-6-12-23)30(38)22-37-27-16-10-9-15-26(27)34-35-37/h3,5-6,9-12,15-18,21,25,31H,4,7-8,13-14,19-20,22H2,1-2H3,(H,33,39). The van der Waals surface area contributed by atoms with Gasteiger partial charge in [-0.05, 0) is 54.7 Å². The van der Waals surface area contributed by atoms with Crippen LogP contribution in [-0.4, -0.2) is 58.5 Å². The summed E-state index contributed by atoms with van der Waals surface area (Å²) in [6.07, 6.45) is 5.81. The Bertz CT molecular complexity index is 1470. The first-order valence-electron chi connectivity index (χ1n) is 14.2. The van der Waals surface area contributed by atoms with Crippen LogP contribution >= 0.6 is 0 Å². The van der Waals surface area contributed by atoms with Gasteiger partial charge in [0.25, 0.3) is 0 Å². The van der Waals surface area contributed by atoms with Crippen molar-refractivity contribution in [3.8, 4) is 11.5 Å². The fourth-order valence-corrected chi connectivity index (χ4v) is 5.57. The summed E-state index contributed by atoms with van der Waals surface area (Å²) in [6.45, 7) is 0.294.